The number of aryl methyl sites for hydroxylation is 2. The lowest BCUT2D eigenvalue weighted by Gasteiger charge is -2.05. The summed E-state index contributed by atoms with van der Waals surface area (Å²) in [5, 5.41) is 12.9. The number of aromatic amines is 1. The van der Waals surface area contributed by atoms with Gasteiger partial charge in [0.15, 0.2) is 5.82 Å². The molecule has 0 amide bonds. The monoisotopic (exact) mass is 282 g/mol. The maximum Gasteiger partial charge on any atom is 0.346 e. The summed E-state index contributed by atoms with van der Waals surface area (Å²) in [5.41, 5.74) is -0.357. The summed E-state index contributed by atoms with van der Waals surface area (Å²) >= 11 is 1.06. The van der Waals surface area contributed by atoms with Gasteiger partial charge < -0.3 is 14.6 Å². The van der Waals surface area contributed by atoms with Gasteiger partial charge in [0.05, 0.1) is 5.75 Å². The standard InChI is InChI=1S/C10H10N4O4S/c1-4-7(9(15)16)8(13-10(17)11-4)19-3-6-12-5(2)14-18-6/h3H2,1-2H3,(H,15,16)(H,11,13,17). The highest BCUT2D eigenvalue weighted by Gasteiger charge is 2.17. The molecule has 0 fully saturated rings. The van der Waals surface area contributed by atoms with Gasteiger partial charge in [0.1, 0.15) is 10.6 Å². The number of carboxylic acids is 1. The normalized spacial score (nSPS) is 10.6. The van der Waals surface area contributed by atoms with Crippen molar-refractivity contribution in [3.63, 3.8) is 0 Å². The highest BCUT2D eigenvalue weighted by Crippen LogP contribution is 2.24. The zero-order valence-corrected chi connectivity index (χ0v) is 10.9. The number of aromatic nitrogens is 4. The van der Waals surface area contributed by atoms with Crippen molar-refractivity contribution in [2.45, 2.75) is 24.6 Å². The quantitative estimate of drug-likeness (QED) is 0.622. The smallest absolute Gasteiger partial charge is 0.346 e. The number of thioether (sulfide) groups is 1. The van der Waals surface area contributed by atoms with E-state index in [-0.39, 0.29) is 22.0 Å². The van der Waals surface area contributed by atoms with Crippen LogP contribution in [0.3, 0.4) is 0 Å². The molecule has 2 rings (SSSR count). The van der Waals surface area contributed by atoms with Crippen LogP contribution in [0, 0.1) is 13.8 Å². The first-order valence-corrected chi connectivity index (χ1v) is 6.22. The van der Waals surface area contributed by atoms with Crippen LogP contribution < -0.4 is 5.69 Å². The first kappa shape index (κ1) is 13.3. The summed E-state index contributed by atoms with van der Waals surface area (Å²) in [4.78, 5) is 32.4. The number of carbonyl (C=O) groups is 1. The lowest BCUT2D eigenvalue weighted by Crippen LogP contribution is -2.18. The SMILES string of the molecule is Cc1noc(CSc2nc(=O)[nH]c(C)c2C(=O)O)n1. The van der Waals surface area contributed by atoms with Crippen LogP contribution in [0.1, 0.15) is 27.8 Å². The Morgan fingerprint density at radius 2 is 2.16 bits per heavy atom. The molecule has 0 aromatic carbocycles. The molecule has 0 unspecified atom stereocenters. The summed E-state index contributed by atoms with van der Waals surface area (Å²) in [5.74, 6) is -0.0649. The first-order chi connectivity index (χ1) is 8.97. The molecule has 0 saturated carbocycles. The summed E-state index contributed by atoms with van der Waals surface area (Å²) in [7, 11) is 0. The minimum atomic E-state index is -1.15. The number of hydrogen-bond donors (Lipinski definition) is 2. The van der Waals surface area contributed by atoms with Crippen molar-refractivity contribution in [2.24, 2.45) is 0 Å². The van der Waals surface area contributed by atoms with Crippen molar-refractivity contribution in [1.29, 1.82) is 0 Å². The molecule has 8 nitrogen and oxygen atoms in total. The van der Waals surface area contributed by atoms with E-state index < -0.39 is 11.7 Å². The average Bonchev–Trinajstić information content (AvgIpc) is 2.71. The Kier molecular flexibility index (Phi) is 3.65. The third-order valence-corrected chi connectivity index (χ3v) is 3.16. The van der Waals surface area contributed by atoms with Crippen LogP contribution in [0.15, 0.2) is 14.3 Å². The fraction of sp³-hybridized carbons (Fsp3) is 0.300. The molecule has 0 aliphatic heterocycles. The van der Waals surface area contributed by atoms with Gasteiger partial charge in [-0.2, -0.15) is 9.97 Å². The second-order valence-corrected chi connectivity index (χ2v) is 4.64. The molecule has 0 aliphatic carbocycles. The Balaban J connectivity index is 2.28. The Morgan fingerprint density at radius 1 is 1.42 bits per heavy atom. The van der Waals surface area contributed by atoms with Crippen molar-refractivity contribution in [3.05, 3.63) is 33.5 Å². The molecule has 2 N–H and O–H groups in total. The van der Waals surface area contributed by atoms with E-state index in [1.165, 1.54) is 6.92 Å². The van der Waals surface area contributed by atoms with Crippen molar-refractivity contribution in [2.75, 3.05) is 0 Å². The van der Waals surface area contributed by atoms with Gasteiger partial charge in [0, 0.05) is 5.69 Å². The van der Waals surface area contributed by atoms with E-state index >= 15 is 0 Å². The highest BCUT2D eigenvalue weighted by molar-refractivity contribution is 7.98. The summed E-state index contributed by atoms with van der Waals surface area (Å²) in [6.45, 7) is 3.18. The minimum absolute atomic E-state index is 0.0270. The zero-order chi connectivity index (χ0) is 14.0. The van der Waals surface area contributed by atoms with Crippen molar-refractivity contribution in [3.8, 4) is 0 Å². The molecule has 9 heteroatoms. The van der Waals surface area contributed by atoms with E-state index in [1.54, 1.807) is 6.92 Å². The van der Waals surface area contributed by atoms with Gasteiger partial charge >= 0.3 is 11.7 Å². The number of aromatic carboxylic acids is 1. The number of H-pyrrole nitrogens is 1. The second-order valence-electron chi connectivity index (χ2n) is 3.68. The van der Waals surface area contributed by atoms with Gasteiger partial charge in [-0.3, -0.25) is 0 Å². The van der Waals surface area contributed by atoms with Gasteiger partial charge in [0.2, 0.25) is 5.89 Å². The van der Waals surface area contributed by atoms with Crippen molar-refractivity contribution in [1.82, 2.24) is 20.1 Å². The maximum atomic E-state index is 11.3. The maximum absolute atomic E-state index is 11.3. The molecular weight excluding hydrogens is 272 g/mol. The van der Waals surface area contributed by atoms with E-state index in [4.69, 9.17) is 9.63 Å². The Morgan fingerprint density at radius 3 is 2.74 bits per heavy atom. The number of nitrogens with zero attached hydrogens (tertiary/aromatic N) is 3. The third kappa shape index (κ3) is 2.99. The molecule has 19 heavy (non-hydrogen) atoms. The fourth-order valence-electron chi connectivity index (χ4n) is 1.44. The molecule has 0 atom stereocenters. The number of hydrogen-bond acceptors (Lipinski definition) is 7. The van der Waals surface area contributed by atoms with E-state index in [2.05, 4.69) is 20.1 Å². The second kappa shape index (κ2) is 5.22. The molecule has 100 valence electrons. The number of carboxylic acid groups (broad SMARTS) is 1. The lowest BCUT2D eigenvalue weighted by molar-refractivity contribution is 0.0690. The average molecular weight is 282 g/mol. The summed E-state index contributed by atoms with van der Waals surface area (Å²) in [6, 6.07) is 0. The Hall–Kier alpha value is -2.16. The van der Waals surface area contributed by atoms with Crippen LogP contribution >= 0.6 is 11.8 Å². The van der Waals surface area contributed by atoms with Crippen LogP contribution in [0.5, 0.6) is 0 Å². The van der Waals surface area contributed by atoms with Crippen molar-refractivity contribution < 1.29 is 14.4 Å². The molecule has 0 spiro atoms. The van der Waals surface area contributed by atoms with Crippen LogP contribution in [-0.2, 0) is 5.75 Å². The predicted octanol–water partition coefficient (Wildman–Crippen LogP) is 0.760. The lowest BCUT2D eigenvalue weighted by atomic mass is 10.2. The fourth-order valence-corrected chi connectivity index (χ4v) is 2.35. The van der Waals surface area contributed by atoms with Gasteiger partial charge in [-0.05, 0) is 13.8 Å². The first-order valence-electron chi connectivity index (χ1n) is 5.23. The van der Waals surface area contributed by atoms with Crippen LogP contribution in [-0.4, -0.2) is 31.2 Å². The third-order valence-electron chi connectivity index (χ3n) is 2.20. The predicted molar refractivity (Wildman–Crippen MR) is 65.2 cm³/mol. The van der Waals surface area contributed by atoms with Gasteiger partial charge in [-0.1, -0.05) is 16.9 Å². The van der Waals surface area contributed by atoms with Gasteiger partial charge in [0.25, 0.3) is 0 Å². The van der Waals surface area contributed by atoms with E-state index in [0.29, 0.717) is 11.7 Å². The zero-order valence-electron chi connectivity index (χ0n) is 10.1. The summed E-state index contributed by atoms with van der Waals surface area (Å²) < 4.78 is 4.90. The van der Waals surface area contributed by atoms with Gasteiger partial charge in [-0.15, -0.1) is 0 Å². The van der Waals surface area contributed by atoms with E-state index in [9.17, 15) is 9.59 Å². The Labute approximate surface area is 111 Å². The molecule has 2 heterocycles. The molecule has 2 aromatic heterocycles. The molecule has 0 radical (unpaired) electrons. The molecule has 2 aromatic rings. The van der Waals surface area contributed by atoms with Crippen LogP contribution in [0.2, 0.25) is 0 Å². The molecule has 0 bridgehead atoms. The molecular formula is C10H10N4O4S. The highest BCUT2D eigenvalue weighted by atomic mass is 32.2. The summed E-state index contributed by atoms with van der Waals surface area (Å²) in [6.07, 6.45) is 0. The minimum Gasteiger partial charge on any atom is -0.478 e. The van der Waals surface area contributed by atoms with Crippen LogP contribution in [0.25, 0.3) is 0 Å². The van der Waals surface area contributed by atoms with Crippen molar-refractivity contribution >= 4 is 17.7 Å². The largest absolute Gasteiger partial charge is 0.478 e. The van der Waals surface area contributed by atoms with E-state index in [0.717, 1.165) is 11.8 Å². The molecule has 0 saturated heterocycles. The Bertz CT molecular complexity index is 678. The number of rotatable bonds is 4. The van der Waals surface area contributed by atoms with Gasteiger partial charge in [-0.25, -0.2) is 9.59 Å². The number of nitrogens with one attached hydrogen (secondary N) is 1. The topological polar surface area (TPSA) is 122 Å². The van der Waals surface area contributed by atoms with E-state index in [1.807, 2.05) is 0 Å². The van der Waals surface area contributed by atoms with Crippen LogP contribution in [0.4, 0.5) is 0 Å². The molecule has 0 aliphatic rings.